The standard InChI is InChI=1S/C12H19BrN2O2S/c1-4-15(8-9(2)3)18(16,17)12-6-5-10(13)7-11(12)14/h5-7,9H,4,8,14H2,1-3H3. The van der Waals surface area contributed by atoms with Crippen LogP contribution < -0.4 is 5.73 Å². The number of rotatable bonds is 5. The van der Waals surface area contributed by atoms with Crippen molar-refractivity contribution in [2.24, 2.45) is 5.92 Å². The molecule has 0 aromatic heterocycles. The molecular weight excluding hydrogens is 316 g/mol. The van der Waals surface area contributed by atoms with Crippen LogP contribution in [0.1, 0.15) is 20.8 Å². The highest BCUT2D eigenvalue weighted by atomic mass is 79.9. The van der Waals surface area contributed by atoms with Gasteiger partial charge in [0.1, 0.15) is 4.90 Å². The van der Waals surface area contributed by atoms with Gasteiger partial charge in [-0.2, -0.15) is 4.31 Å². The van der Waals surface area contributed by atoms with Crippen LogP contribution in [0, 0.1) is 5.92 Å². The zero-order chi connectivity index (χ0) is 13.9. The van der Waals surface area contributed by atoms with Crippen molar-refractivity contribution < 1.29 is 8.42 Å². The lowest BCUT2D eigenvalue weighted by molar-refractivity contribution is 0.381. The van der Waals surface area contributed by atoms with Crippen molar-refractivity contribution in [3.8, 4) is 0 Å². The molecule has 0 saturated heterocycles. The van der Waals surface area contributed by atoms with Crippen LogP contribution in [-0.2, 0) is 10.0 Å². The molecule has 0 unspecified atom stereocenters. The molecule has 18 heavy (non-hydrogen) atoms. The Hall–Kier alpha value is -0.590. The van der Waals surface area contributed by atoms with Gasteiger partial charge in [-0.3, -0.25) is 0 Å². The Labute approximate surface area is 117 Å². The van der Waals surface area contributed by atoms with Crippen molar-refractivity contribution in [3.63, 3.8) is 0 Å². The van der Waals surface area contributed by atoms with E-state index in [2.05, 4.69) is 15.9 Å². The smallest absolute Gasteiger partial charge is 0.245 e. The molecule has 1 rings (SSSR count). The Balaban J connectivity index is 3.19. The third kappa shape index (κ3) is 3.46. The first-order chi connectivity index (χ1) is 8.28. The molecule has 2 N–H and O–H groups in total. The third-order valence-corrected chi connectivity index (χ3v) is 5.02. The van der Waals surface area contributed by atoms with E-state index in [1.807, 2.05) is 20.8 Å². The van der Waals surface area contributed by atoms with Crippen molar-refractivity contribution in [2.75, 3.05) is 18.8 Å². The molecule has 4 nitrogen and oxygen atoms in total. The lowest BCUT2D eigenvalue weighted by Gasteiger charge is -2.23. The van der Waals surface area contributed by atoms with Gasteiger partial charge in [0.05, 0.1) is 5.69 Å². The van der Waals surface area contributed by atoms with E-state index in [-0.39, 0.29) is 16.5 Å². The Kier molecular flexibility index (Phi) is 5.19. The van der Waals surface area contributed by atoms with E-state index in [1.165, 1.54) is 10.4 Å². The maximum absolute atomic E-state index is 12.5. The second kappa shape index (κ2) is 6.04. The predicted octanol–water partition coefficient (Wildman–Crippen LogP) is 2.70. The number of nitrogen functional groups attached to an aromatic ring is 1. The highest BCUT2D eigenvalue weighted by Gasteiger charge is 2.25. The van der Waals surface area contributed by atoms with E-state index in [4.69, 9.17) is 5.73 Å². The Bertz CT molecular complexity index is 515. The molecule has 0 aliphatic carbocycles. The Morgan fingerprint density at radius 1 is 1.39 bits per heavy atom. The van der Waals surface area contributed by atoms with Crippen LogP contribution in [0.3, 0.4) is 0 Å². The second-order valence-electron chi connectivity index (χ2n) is 4.53. The van der Waals surface area contributed by atoms with E-state index >= 15 is 0 Å². The summed E-state index contributed by atoms with van der Waals surface area (Å²) in [6.45, 7) is 6.74. The fourth-order valence-corrected chi connectivity index (χ4v) is 3.79. The molecule has 0 spiro atoms. The fourth-order valence-electron chi connectivity index (χ4n) is 1.70. The Morgan fingerprint density at radius 3 is 2.44 bits per heavy atom. The highest BCUT2D eigenvalue weighted by molar-refractivity contribution is 9.10. The summed E-state index contributed by atoms with van der Waals surface area (Å²) < 4.78 is 27.1. The van der Waals surface area contributed by atoms with Crippen LogP contribution >= 0.6 is 15.9 Å². The number of sulfonamides is 1. The quantitative estimate of drug-likeness (QED) is 0.842. The first-order valence-electron chi connectivity index (χ1n) is 5.84. The Morgan fingerprint density at radius 2 is 2.00 bits per heavy atom. The van der Waals surface area contributed by atoms with Gasteiger partial charge in [-0.15, -0.1) is 0 Å². The summed E-state index contributed by atoms with van der Waals surface area (Å²) in [7, 11) is -3.51. The minimum absolute atomic E-state index is 0.174. The largest absolute Gasteiger partial charge is 0.398 e. The summed E-state index contributed by atoms with van der Waals surface area (Å²) in [4.78, 5) is 0.174. The number of anilines is 1. The number of nitrogens with two attached hydrogens (primary N) is 1. The van der Waals surface area contributed by atoms with Crippen molar-refractivity contribution >= 4 is 31.6 Å². The summed E-state index contributed by atoms with van der Waals surface area (Å²) in [6.07, 6.45) is 0. The summed E-state index contributed by atoms with van der Waals surface area (Å²) >= 11 is 3.27. The third-order valence-electron chi connectivity index (χ3n) is 2.51. The van der Waals surface area contributed by atoms with Crippen LogP contribution in [-0.4, -0.2) is 25.8 Å². The lowest BCUT2D eigenvalue weighted by atomic mass is 10.2. The molecule has 0 heterocycles. The average molecular weight is 335 g/mol. The van der Waals surface area contributed by atoms with Gasteiger partial charge in [0.25, 0.3) is 0 Å². The van der Waals surface area contributed by atoms with Gasteiger partial charge in [0, 0.05) is 17.6 Å². The normalized spacial score (nSPS) is 12.3. The summed E-state index contributed by atoms with van der Waals surface area (Å²) in [5.74, 6) is 0.274. The number of hydrogen-bond donors (Lipinski definition) is 1. The topological polar surface area (TPSA) is 63.4 Å². The molecule has 1 aromatic rings. The molecule has 0 radical (unpaired) electrons. The van der Waals surface area contributed by atoms with E-state index in [1.54, 1.807) is 12.1 Å². The fraction of sp³-hybridized carbons (Fsp3) is 0.500. The van der Waals surface area contributed by atoms with Crippen LogP contribution in [0.15, 0.2) is 27.6 Å². The van der Waals surface area contributed by atoms with Crippen molar-refractivity contribution in [2.45, 2.75) is 25.7 Å². The molecule has 102 valence electrons. The predicted molar refractivity (Wildman–Crippen MR) is 77.8 cm³/mol. The van der Waals surface area contributed by atoms with E-state index in [0.29, 0.717) is 13.1 Å². The molecule has 0 aliphatic rings. The second-order valence-corrected chi connectivity index (χ2v) is 7.35. The van der Waals surface area contributed by atoms with Gasteiger partial charge < -0.3 is 5.73 Å². The monoisotopic (exact) mass is 334 g/mol. The average Bonchev–Trinajstić information content (AvgIpc) is 2.24. The van der Waals surface area contributed by atoms with Crippen LogP contribution in [0.25, 0.3) is 0 Å². The maximum Gasteiger partial charge on any atom is 0.245 e. The lowest BCUT2D eigenvalue weighted by Crippen LogP contribution is -2.34. The first-order valence-corrected chi connectivity index (χ1v) is 8.07. The van der Waals surface area contributed by atoms with E-state index in [0.717, 1.165) is 4.47 Å². The summed E-state index contributed by atoms with van der Waals surface area (Å²) in [5.41, 5.74) is 6.06. The molecule has 0 bridgehead atoms. The minimum Gasteiger partial charge on any atom is -0.398 e. The molecule has 0 aliphatic heterocycles. The zero-order valence-corrected chi connectivity index (χ0v) is 13.3. The molecule has 1 aromatic carbocycles. The number of hydrogen-bond acceptors (Lipinski definition) is 3. The van der Waals surface area contributed by atoms with E-state index in [9.17, 15) is 8.42 Å². The summed E-state index contributed by atoms with van der Waals surface area (Å²) in [5, 5.41) is 0. The van der Waals surface area contributed by atoms with Gasteiger partial charge in [0.15, 0.2) is 0 Å². The van der Waals surface area contributed by atoms with Gasteiger partial charge in [-0.1, -0.05) is 36.7 Å². The number of nitrogens with zero attached hydrogens (tertiary/aromatic N) is 1. The van der Waals surface area contributed by atoms with Crippen LogP contribution in [0.5, 0.6) is 0 Å². The zero-order valence-electron chi connectivity index (χ0n) is 10.9. The van der Waals surface area contributed by atoms with Gasteiger partial charge in [-0.05, 0) is 24.1 Å². The maximum atomic E-state index is 12.5. The van der Waals surface area contributed by atoms with Crippen molar-refractivity contribution in [1.29, 1.82) is 0 Å². The van der Waals surface area contributed by atoms with Gasteiger partial charge >= 0.3 is 0 Å². The van der Waals surface area contributed by atoms with Crippen LogP contribution in [0.2, 0.25) is 0 Å². The number of benzene rings is 1. The molecule has 0 amide bonds. The van der Waals surface area contributed by atoms with Gasteiger partial charge in [-0.25, -0.2) is 8.42 Å². The molecule has 0 saturated carbocycles. The summed E-state index contributed by atoms with van der Waals surface area (Å²) in [6, 6.07) is 4.83. The highest BCUT2D eigenvalue weighted by Crippen LogP contribution is 2.26. The minimum atomic E-state index is -3.51. The first kappa shape index (κ1) is 15.5. The van der Waals surface area contributed by atoms with Crippen LogP contribution in [0.4, 0.5) is 5.69 Å². The van der Waals surface area contributed by atoms with Crippen molar-refractivity contribution in [3.05, 3.63) is 22.7 Å². The molecular formula is C12H19BrN2O2S. The molecule has 6 heteroatoms. The van der Waals surface area contributed by atoms with Crippen molar-refractivity contribution in [1.82, 2.24) is 4.31 Å². The molecule has 0 fully saturated rings. The molecule has 0 atom stereocenters. The van der Waals surface area contributed by atoms with Gasteiger partial charge in [0.2, 0.25) is 10.0 Å². The number of halogens is 1. The van der Waals surface area contributed by atoms with E-state index < -0.39 is 10.0 Å². The SMILES string of the molecule is CCN(CC(C)C)S(=O)(=O)c1ccc(Br)cc1N.